The summed E-state index contributed by atoms with van der Waals surface area (Å²) in [6.45, 7) is 9.83. The summed E-state index contributed by atoms with van der Waals surface area (Å²) in [6.07, 6.45) is 4.12. The highest BCUT2D eigenvalue weighted by Gasteiger charge is 2.31. The summed E-state index contributed by atoms with van der Waals surface area (Å²) in [6, 6.07) is -0.134. The van der Waals surface area contributed by atoms with Crippen molar-refractivity contribution in [2.45, 2.75) is 52.3 Å². The van der Waals surface area contributed by atoms with Gasteiger partial charge >= 0.3 is 6.09 Å². The standard InChI is InChI=1S/C15H25N3O3/c1-5-18-10-16-8-12(18)13(11-6-7-20-9-11)17-14(19)21-15(2,3)4/h8,10-11,13H,5-7,9H2,1-4H3,(H,17,19). The fraction of sp³-hybridized carbons (Fsp3) is 0.733. The van der Waals surface area contributed by atoms with Crippen LogP contribution in [0.3, 0.4) is 0 Å². The monoisotopic (exact) mass is 295 g/mol. The number of hydrogen-bond donors (Lipinski definition) is 1. The molecule has 0 spiro atoms. The van der Waals surface area contributed by atoms with Gasteiger partial charge in [0.2, 0.25) is 0 Å². The van der Waals surface area contributed by atoms with Gasteiger partial charge in [0, 0.05) is 19.1 Å². The summed E-state index contributed by atoms with van der Waals surface area (Å²) in [5, 5.41) is 2.99. The SMILES string of the molecule is CCn1cncc1C(NC(=O)OC(C)(C)C)C1CCOC1. The van der Waals surface area contributed by atoms with Crippen LogP contribution in [-0.4, -0.2) is 34.5 Å². The van der Waals surface area contributed by atoms with Gasteiger partial charge in [0.1, 0.15) is 5.60 Å². The van der Waals surface area contributed by atoms with Crippen molar-refractivity contribution in [1.29, 1.82) is 0 Å². The number of carbonyl (C=O) groups excluding carboxylic acids is 1. The Morgan fingerprint density at radius 1 is 1.62 bits per heavy atom. The minimum absolute atomic E-state index is 0.134. The predicted molar refractivity (Wildman–Crippen MR) is 78.9 cm³/mol. The number of alkyl carbamates (subject to hydrolysis) is 1. The molecule has 1 amide bonds. The van der Waals surface area contributed by atoms with Crippen molar-refractivity contribution in [2.75, 3.05) is 13.2 Å². The van der Waals surface area contributed by atoms with E-state index in [4.69, 9.17) is 9.47 Å². The van der Waals surface area contributed by atoms with E-state index in [0.29, 0.717) is 6.61 Å². The van der Waals surface area contributed by atoms with E-state index in [1.807, 2.05) is 31.5 Å². The van der Waals surface area contributed by atoms with Crippen molar-refractivity contribution in [3.8, 4) is 0 Å². The maximum Gasteiger partial charge on any atom is 0.408 e. The Hall–Kier alpha value is -1.56. The molecule has 118 valence electrons. The van der Waals surface area contributed by atoms with E-state index in [0.717, 1.165) is 25.3 Å². The van der Waals surface area contributed by atoms with Gasteiger partial charge in [-0.2, -0.15) is 0 Å². The van der Waals surface area contributed by atoms with Crippen LogP contribution in [0.2, 0.25) is 0 Å². The maximum atomic E-state index is 12.1. The second-order valence-electron chi connectivity index (χ2n) is 6.35. The molecule has 6 heteroatoms. The van der Waals surface area contributed by atoms with Crippen LogP contribution in [-0.2, 0) is 16.0 Å². The topological polar surface area (TPSA) is 65.4 Å². The number of rotatable bonds is 4. The van der Waals surface area contributed by atoms with Gasteiger partial charge in [-0.15, -0.1) is 0 Å². The van der Waals surface area contributed by atoms with Gasteiger partial charge in [-0.25, -0.2) is 9.78 Å². The Labute approximate surface area is 125 Å². The van der Waals surface area contributed by atoms with Crippen LogP contribution in [0.1, 0.15) is 45.9 Å². The molecule has 0 radical (unpaired) electrons. The van der Waals surface area contributed by atoms with Gasteiger partial charge in [-0.05, 0) is 34.1 Å². The van der Waals surface area contributed by atoms with Gasteiger partial charge < -0.3 is 19.4 Å². The van der Waals surface area contributed by atoms with Crippen LogP contribution in [0.5, 0.6) is 0 Å². The van der Waals surface area contributed by atoms with E-state index in [9.17, 15) is 4.79 Å². The van der Waals surface area contributed by atoms with E-state index < -0.39 is 11.7 Å². The van der Waals surface area contributed by atoms with Crippen LogP contribution >= 0.6 is 0 Å². The average Bonchev–Trinajstić information content (AvgIpc) is 3.05. The third kappa shape index (κ3) is 4.20. The summed E-state index contributed by atoms with van der Waals surface area (Å²) in [4.78, 5) is 16.3. The van der Waals surface area contributed by atoms with E-state index in [1.54, 1.807) is 6.33 Å². The Kier molecular flexibility index (Phi) is 4.88. The fourth-order valence-corrected chi connectivity index (χ4v) is 2.54. The first kappa shape index (κ1) is 15.8. The molecule has 0 saturated carbocycles. The number of carbonyl (C=O) groups is 1. The first-order valence-electron chi connectivity index (χ1n) is 7.48. The van der Waals surface area contributed by atoms with E-state index in [-0.39, 0.29) is 12.0 Å². The summed E-state index contributed by atoms with van der Waals surface area (Å²) >= 11 is 0. The van der Waals surface area contributed by atoms with E-state index in [2.05, 4.69) is 17.2 Å². The summed E-state index contributed by atoms with van der Waals surface area (Å²) < 4.78 is 12.9. The van der Waals surface area contributed by atoms with Crippen LogP contribution < -0.4 is 5.32 Å². The van der Waals surface area contributed by atoms with Gasteiger partial charge in [0.15, 0.2) is 0 Å². The number of amides is 1. The second kappa shape index (κ2) is 6.47. The number of imidazole rings is 1. The Balaban J connectivity index is 2.15. The van der Waals surface area contributed by atoms with Gasteiger partial charge in [0.05, 0.1) is 30.9 Å². The Morgan fingerprint density at radius 2 is 2.38 bits per heavy atom. The molecule has 1 fully saturated rings. The van der Waals surface area contributed by atoms with Crippen molar-refractivity contribution in [3.05, 3.63) is 18.2 Å². The molecular weight excluding hydrogens is 270 g/mol. The average molecular weight is 295 g/mol. The smallest absolute Gasteiger partial charge is 0.408 e. The molecular formula is C15H25N3O3. The molecule has 6 nitrogen and oxygen atoms in total. The molecule has 1 aromatic heterocycles. The number of aromatic nitrogens is 2. The molecule has 2 atom stereocenters. The van der Waals surface area contributed by atoms with Gasteiger partial charge in [0.25, 0.3) is 0 Å². The van der Waals surface area contributed by atoms with Crippen molar-refractivity contribution in [1.82, 2.24) is 14.9 Å². The van der Waals surface area contributed by atoms with Crippen LogP contribution in [0.15, 0.2) is 12.5 Å². The third-order valence-electron chi connectivity index (χ3n) is 3.51. The highest BCUT2D eigenvalue weighted by Crippen LogP contribution is 2.29. The lowest BCUT2D eigenvalue weighted by molar-refractivity contribution is 0.0478. The predicted octanol–water partition coefficient (Wildman–Crippen LogP) is 2.51. The second-order valence-corrected chi connectivity index (χ2v) is 6.35. The van der Waals surface area contributed by atoms with E-state index >= 15 is 0 Å². The van der Waals surface area contributed by atoms with Crippen molar-refractivity contribution in [2.24, 2.45) is 5.92 Å². The maximum absolute atomic E-state index is 12.1. The van der Waals surface area contributed by atoms with Crippen molar-refractivity contribution in [3.63, 3.8) is 0 Å². The number of nitrogens with zero attached hydrogens (tertiary/aromatic N) is 2. The molecule has 2 heterocycles. The molecule has 2 rings (SSSR count). The number of hydrogen-bond acceptors (Lipinski definition) is 4. The zero-order chi connectivity index (χ0) is 15.5. The number of aryl methyl sites for hydroxylation is 1. The normalized spacial score (nSPS) is 20.3. The molecule has 1 aliphatic heterocycles. The van der Waals surface area contributed by atoms with Gasteiger partial charge in [-0.1, -0.05) is 0 Å². The first-order valence-corrected chi connectivity index (χ1v) is 7.48. The quantitative estimate of drug-likeness (QED) is 0.927. The van der Waals surface area contributed by atoms with Crippen molar-refractivity contribution < 1.29 is 14.3 Å². The van der Waals surface area contributed by atoms with Gasteiger partial charge in [-0.3, -0.25) is 0 Å². The number of ether oxygens (including phenoxy) is 2. The molecule has 1 aromatic rings. The molecule has 0 aromatic carbocycles. The largest absolute Gasteiger partial charge is 0.444 e. The molecule has 0 bridgehead atoms. The van der Waals surface area contributed by atoms with E-state index in [1.165, 1.54) is 0 Å². The van der Waals surface area contributed by atoms with Crippen molar-refractivity contribution >= 4 is 6.09 Å². The highest BCUT2D eigenvalue weighted by molar-refractivity contribution is 5.68. The van der Waals surface area contributed by atoms with Crippen LogP contribution in [0.4, 0.5) is 4.79 Å². The molecule has 0 aliphatic carbocycles. The third-order valence-corrected chi connectivity index (χ3v) is 3.51. The lowest BCUT2D eigenvalue weighted by Gasteiger charge is -2.27. The Morgan fingerprint density at radius 3 is 2.95 bits per heavy atom. The molecule has 1 N–H and O–H groups in total. The lowest BCUT2D eigenvalue weighted by Crippen LogP contribution is -2.38. The minimum Gasteiger partial charge on any atom is -0.444 e. The minimum atomic E-state index is -0.508. The van der Waals surface area contributed by atoms with Crippen LogP contribution in [0, 0.1) is 5.92 Å². The lowest BCUT2D eigenvalue weighted by atomic mass is 9.96. The summed E-state index contributed by atoms with van der Waals surface area (Å²) in [5.74, 6) is 0.250. The fourth-order valence-electron chi connectivity index (χ4n) is 2.54. The zero-order valence-electron chi connectivity index (χ0n) is 13.3. The zero-order valence-corrected chi connectivity index (χ0v) is 13.3. The molecule has 21 heavy (non-hydrogen) atoms. The summed E-state index contributed by atoms with van der Waals surface area (Å²) in [5.41, 5.74) is 0.491. The Bertz CT molecular complexity index is 473. The molecule has 2 unspecified atom stereocenters. The molecule has 1 saturated heterocycles. The summed E-state index contributed by atoms with van der Waals surface area (Å²) in [7, 11) is 0. The number of nitrogens with one attached hydrogen (secondary N) is 1. The first-order chi connectivity index (χ1) is 9.90. The molecule has 1 aliphatic rings. The highest BCUT2D eigenvalue weighted by atomic mass is 16.6. The van der Waals surface area contributed by atoms with Crippen LogP contribution in [0.25, 0.3) is 0 Å².